The Kier molecular flexibility index (Phi) is 5.29. The zero-order valence-electron chi connectivity index (χ0n) is 17.9. The number of rotatable bonds is 4. The molecule has 156 valence electrons. The maximum absolute atomic E-state index is 13.1. The first-order chi connectivity index (χ1) is 14.9. The van der Waals surface area contributed by atoms with E-state index in [2.05, 4.69) is 10.3 Å². The normalized spacial score (nSPS) is 10.8. The van der Waals surface area contributed by atoms with Crippen LogP contribution in [0.5, 0.6) is 5.75 Å². The van der Waals surface area contributed by atoms with Crippen molar-refractivity contribution in [2.45, 2.75) is 13.8 Å². The van der Waals surface area contributed by atoms with Crippen LogP contribution >= 0.6 is 0 Å². The van der Waals surface area contributed by atoms with E-state index in [-0.39, 0.29) is 11.5 Å². The van der Waals surface area contributed by atoms with E-state index in [0.717, 1.165) is 27.7 Å². The number of methoxy groups -OCH3 is 1. The Balaban J connectivity index is 1.75. The Hall–Kier alpha value is -3.93. The number of nitrogens with one attached hydrogen (secondary N) is 1. The van der Waals surface area contributed by atoms with Crippen LogP contribution < -0.4 is 15.6 Å². The van der Waals surface area contributed by atoms with E-state index in [4.69, 9.17) is 4.74 Å². The molecule has 31 heavy (non-hydrogen) atoms. The van der Waals surface area contributed by atoms with Gasteiger partial charge in [0.1, 0.15) is 5.75 Å². The fourth-order valence-corrected chi connectivity index (χ4v) is 3.62. The summed E-state index contributed by atoms with van der Waals surface area (Å²) >= 11 is 0. The number of aryl methyl sites for hydroxylation is 3. The summed E-state index contributed by atoms with van der Waals surface area (Å²) in [6.45, 7) is 3.84. The summed E-state index contributed by atoms with van der Waals surface area (Å²) in [6, 6.07) is 16.3. The molecule has 0 spiro atoms. The third-order valence-electron chi connectivity index (χ3n) is 5.36. The van der Waals surface area contributed by atoms with Gasteiger partial charge < -0.3 is 14.6 Å². The predicted molar refractivity (Wildman–Crippen MR) is 123 cm³/mol. The highest BCUT2D eigenvalue weighted by molar-refractivity contribution is 6.04. The lowest BCUT2D eigenvalue weighted by Gasteiger charge is -2.13. The Morgan fingerprint density at radius 3 is 2.61 bits per heavy atom. The number of aromatic nitrogens is 2. The van der Waals surface area contributed by atoms with Crippen LogP contribution in [0.2, 0.25) is 0 Å². The Bertz CT molecular complexity index is 1370. The second-order valence-corrected chi connectivity index (χ2v) is 7.52. The van der Waals surface area contributed by atoms with Gasteiger partial charge in [0.2, 0.25) is 0 Å². The SMILES string of the molecule is COc1cccc(C(=O)Nc2ccc(C)c(-c3cc4cnc(C)cc4n(C)c3=O)c2)c1. The molecular formula is C25H23N3O3. The number of amides is 1. The largest absolute Gasteiger partial charge is 0.497 e. The first-order valence-electron chi connectivity index (χ1n) is 9.90. The molecule has 0 atom stereocenters. The van der Waals surface area contributed by atoms with E-state index in [1.165, 1.54) is 0 Å². The molecule has 0 saturated heterocycles. The molecule has 1 N–H and O–H groups in total. The van der Waals surface area contributed by atoms with Gasteiger partial charge >= 0.3 is 0 Å². The molecule has 6 heteroatoms. The van der Waals surface area contributed by atoms with Gasteiger partial charge in [-0.3, -0.25) is 14.6 Å². The molecule has 2 aromatic heterocycles. The van der Waals surface area contributed by atoms with Gasteiger partial charge in [-0.2, -0.15) is 0 Å². The fraction of sp³-hybridized carbons (Fsp3) is 0.160. The minimum Gasteiger partial charge on any atom is -0.497 e. The van der Waals surface area contributed by atoms with Crippen molar-refractivity contribution >= 4 is 22.5 Å². The third-order valence-corrected chi connectivity index (χ3v) is 5.36. The van der Waals surface area contributed by atoms with E-state index in [1.54, 1.807) is 49.2 Å². The lowest BCUT2D eigenvalue weighted by atomic mass is 9.99. The number of anilines is 1. The van der Waals surface area contributed by atoms with Crippen LogP contribution in [0.3, 0.4) is 0 Å². The molecule has 0 fully saturated rings. The predicted octanol–water partition coefficient (Wildman–Crippen LogP) is 4.48. The summed E-state index contributed by atoms with van der Waals surface area (Å²) in [5.41, 5.74) is 4.97. The Morgan fingerprint density at radius 2 is 1.84 bits per heavy atom. The van der Waals surface area contributed by atoms with Gasteiger partial charge in [-0.05, 0) is 67.4 Å². The van der Waals surface area contributed by atoms with Crippen LogP contribution in [0.1, 0.15) is 21.6 Å². The van der Waals surface area contributed by atoms with Crippen molar-refractivity contribution in [3.8, 4) is 16.9 Å². The van der Waals surface area contributed by atoms with Crippen molar-refractivity contribution in [1.29, 1.82) is 0 Å². The monoisotopic (exact) mass is 413 g/mol. The zero-order chi connectivity index (χ0) is 22.1. The highest BCUT2D eigenvalue weighted by atomic mass is 16.5. The average molecular weight is 413 g/mol. The number of carbonyl (C=O) groups is 1. The van der Waals surface area contributed by atoms with Gasteiger partial charge in [-0.15, -0.1) is 0 Å². The van der Waals surface area contributed by atoms with Crippen molar-refractivity contribution in [3.63, 3.8) is 0 Å². The van der Waals surface area contributed by atoms with Crippen LogP contribution in [0.25, 0.3) is 22.0 Å². The summed E-state index contributed by atoms with van der Waals surface area (Å²) in [5.74, 6) is 0.362. The topological polar surface area (TPSA) is 73.2 Å². The van der Waals surface area contributed by atoms with Crippen LogP contribution in [0.15, 0.2) is 65.6 Å². The third kappa shape index (κ3) is 3.92. The van der Waals surface area contributed by atoms with E-state index in [1.807, 2.05) is 44.2 Å². The molecule has 4 aromatic rings. The van der Waals surface area contributed by atoms with Crippen molar-refractivity contribution < 1.29 is 9.53 Å². The summed E-state index contributed by atoms with van der Waals surface area (Å²) in [6.07, 6.45) is 1.78. The maximum Gasteiger partial charge on any atom is 0.258 e. The summed E-state index contributed by atoms with van der Waals surface area (Å²) in [4.78, 5) is 30.2. The van der Waals surface area contributed by atoms with Gasteiger partial charge in [-0.1, -0.05) is 12.1 Å². The molecule has 1 amide bonds. The average Bonchev–Trinajstić information content (AvgIpc) is 2.78. The van der Waals surface area contributed by atoms with Gasteiger partial charge in [0.25, 0.3) is 11.5 Å². The minimum atomic E-state index is -0.250. The minimum absolute atomic E-state index is 0.0996. The van der Waals surface area contributed by atoms with Crippen molar-refractivity contribution in [2.75, 3.05) is 12.4 Å². The molecule has 2 aromatic carbocycles. The van der Waals surface area contributed by atoms with Crippen LogP contribution in [0, 0.1) is 13.8 Å². The summed E-state index contributed by atoms with van der Waals surface area (Å²) in [7, 11) is 3.32. The molecular weight excluding hydrogens is 390 g/mol. The molecule has 6 nitrogen and oxygen atoms in total. The van der Waals surface area contributed by atoms with Gasteiger partial charge in [-0.25, -0.2) is 0 Å². The van der Waals surface area contributed by atoms with E-state index in [0.29, 0.717) is 22.6 Å². The molecule has 4 rings (SSSR count). The molecule has 0 saturated carbocycles. The zero-order valence-corrected chi connectivity index (χ0v) is 17.9. The highest BCUT2D eigenvalue weighted by Crippen LogP contribution is 2.27. The molecule has 0 unspecified atom stereocenters. The quantitative estimate of drug-likeness (QED) is 0.535. The number of fused-ring (bicyclic) bond motifs is 1. The molecule has 0 aliphatic heterocycles. The summed E-state index contributed by atoms with van der Waals surface area (Å²) in [5, 5.41) is 3.79. The smallest absolute Gasteiger partial charge is 0.258 e. The number of nitrogens with zero attached hydrogens (tertiary/aromatic N) is 2. The first-order valence-corrected chi connectivity index (χ1v) is 9.90. The standard InChI is InChI=1S/C25H23N3O3/c1-15-8-9-19(27-24(29)17-6-5-7-20(11-17)31-4)13-21(15)22-12-18-14-26-16(2)10-23(18)28(3)25(22)30/h5-14H,1-4H3,(H,27,29). The molecule has 2 heterocycles. The lowest BCUT2D eigenvalue weighted by Crippen LogP contribution is -2.19. The lowest BCUT2D eigenvalue weighted by molar-refractivity contribution is 0.102. The van der Waals surface area contributed by atoms with Crippen LogP contribution in [-0.4, -0.2) is 22.6 Å². The van der Waals surface area contributed by atoms with Crippen molar-refractivity contribution in [2.24, 2.45) is 7.05 Å². The number of ether oxygens (including phenoxy) is 1. The molecule has 0 radical (unpaired) electrons. The molecule has 0 bridgehead atoms. The van der Waals surface area contributed by atoms with Crippen LogP contribution in [-0.2, 0) is 7.05 Å². The number of pyridine rings is 2. The van der Waals surface area contributed by atoms with Crippen molar-refractivity contribution in [3.05, 3.63) is 88.0 Å². The molecule has 0 aliphatic rings. The van der Waals surface area contributed by atoms with E-state index < -0.39 is 0 Å². The summed E-state index contributed by atoms with van der Waals surface area (Å²) < 4.78 is 6.83. The molecule has 0 aliphatic carbocycles. The van der Waals surface area contributed by atoms with E-state index in [9.17, 15) is 9.59 Å². The van der Waals surface area contributed by atoms with Gasteiger partial charge in [0.05, 0.1) is 12.6 Å². The first kappa shape index (κ1) is 20.3. The highest BCUT2D eigenvalue weighted by Gasteiger charge is 2.14. The van der Waals surface area contributed by atoms with Crippen LogP contribution in [0.4, 0.5) is 5.69 Å². The fourth-order valence-electron chi connectivity index (χ4n) is 3.62. The Labute approximate surface area is 180 Å². The second-order valence-electron chi connectivity index (χ2n) is 7.52. The maximum atomic E-state index is 13.1. The number of hydrogen-bond acceptors (Lipinski definition) is 4. The second kappa shape index (κ2) is 8.07. The Morgan fingerprint density at radius 1 is 1.03 bits per heavy atom. The number of carbonyl (C=O) groups excluding carboxylic acids is 1. The number of benzene rings is 2. The van der Waals surface area contributed by atoms with Crippen molar-refractivity contribution in [1.82, 2.24) is 9.55 Å². The van der Waals surface area contributed by atoms with Gasteiger partial charge in [0.15, 0.2) is 0 Å². The number of hydrogen-bond donors (Lipinski definition) is 1. The van der Waals surface area contributed by atoms with Gasteiger partial charge in [0, 0.05) is 41.1 Å². The van der Waals surface area contributed by atoms with E-state index >= 15 is 0 Å².